The van der Waals surface area contributed by atoms with E-state index in [1.165, 1.54) is 30.0 Å². The van der Waals surface area contributed by atoms with Crippen LogP contribution in [0.3, 0.4) is 0 Å². The minimum atomic E-state index is -0.114. The molecule has 28 heavy (non-hydrogen) atoms. The third kappa shape index (κ3) is 5.98. The molecule has 1 saturated carbocycles. The quantitative estimate of drug-likeness (QED) is 0.621. The van der Waals surface area contributed by atoms with Crippen LogP contribution >= 0.6 is 0 Å². The average Bonchev–Trinajstić information content (AvgIpc) is 2.71. The van der Waals surface area contributed by atoms with Gasteiger partial charge >= 0.3 is 6.03 Å². The molecule has 0 saturated heterocycles. The highest BCUT2D eigenvalue weighted by Gasteiger charge is 2.15. The van der Waals surface area contributed by atoms with E-state index in [2.05, 4.69) is 46.3 Å². The summed E-state index contributed by atoms with van der Waals surface area (Å²) < 4.78 is 0. The lowest BCUT2D eigenvalue weighted by Gasteiger charge is -2.22. The van der Waals surface area contributed by atoms with E-state index in [0.717, 1.165) is 18.4 Å². The Hall–Kier alpha value is -2.56. The molecule has 0 aliphatic heterocycles. The van der Waals surface area contributed by atoms with Gasteiger partial charge < -0.3 is 16.0 Å². The lowest BCUT2D eigenvalue weighted by Crippen LogP contribution is -2.43. The molecule has 5 nitrogen and oxygen atoms in total. The molecule has 0 bridgehead atoms. The van der Waals surface area contributed by atoms with E-state index in [9.17, 15) is 9.59 Å². The number of hydrogen-bond acceptors (Lipinski definition) is 2. The zero-order chi connectivity index (χ0) is 19.8. The molecule has 0 heterocycles. The lowest BCUT2D eigenvalue weighted by molar-refractivity contribution is -0.121. The van der Waals surface area contributed by atoms with Gasteiger partial charge in [0.1, 0.15) is 0 Å². The summed E-state index contributed by atoms with van der Waals surface area (Å²) in [4.78, 5) is 24.1. The van der Waals surface area contributed by atoms with Crippen molar-refractivity contribution in [1.29, 1.82) is 0 Å². The van der Waals surface area contributed by atoms with Gasteiger partial charge in [0.05, 0.1) is 6.04 Å². The minimum absolute atomic E-state index is 0.00940. The molecule has 1 aliphatic rings. The van der Waals surface area contributed by atoms with Gasteiger partial charge in [-0.1, -0.05) is 55.7 Å². The van der Waals surface area contributed by atoms with Crippen molar-refractivity contribution in [2.75, 3.05) is 6.54 Å². The largest absolute Gasteiger partial charge is 0.350 e. The Morgan fingerprint density at radius 1 is 1.04 bits per heavy atom. The van der Waals surface area contributed by atoms with E-state index in [0.29, 0.717) is 25.4 Å². The van der Waals surface area contributed by atoms with E-state index in [4.69, 9.17) is 0 Å². The summed E-state index contributed by atoms with van der Waals surface area (Å²) in [5.41, 5.74) is 1.09. The summed E-state index contributed by atoms with van der Waals surface area (Å²) in [6, 6.07) is 14.6. The van der Waals surface area contributed by atoms with Gasteiger partial charge in [0.15, 0.2) is 0 Å². The predicted octanol–water partition coefficient (Wildman–Crippen LogP) is 4.43. The Labute approximate surface area is 167 Å². The van der Waals surface area contributed by atoms with Crippen molar-refractivity contribution in [2.24, 2.45) is 0 Å². The molecule has 150 valence electrons. The number of carbonyl (C=O) groups is 2. The highest BCUT2D eigenvalue weighted by Crippen LogP contribution is 2.20. The number of carbonyl (C=O) groups excluding carboxylic acids is 2. The van der Waals surface area contributed by atoms with E-state index < -0.39 is 0 Å². The van der Waals surface area contributed by atoms with Crippen LogP contribution in [0.15, 0.2) is 42.5 Å². The molecule has 0 unspecified atom stereocenters. The molecular weight excluding hydrogens is 350 g/mol. The molecule has 2 aromatic carbocycles. The average molecular weight is 382 g/mol. The Bertz CT molecular complexity index is 799. The molecule has 5 heteroatoms. The number of hydrogen-bond donors (Lipinski definition) is 3. The molecule has 3 rings (SSSR count). The second kappa shape index (κ2) is 10.1. The summed E-state index contributed by atoms with van der Waals surface area (Å²) in [5, 5.41) is 11.3. The van der Waals surface area contributed by atoms with Gasteiger partial charge in [0, 0.05) is 19.0 Å². The highest BCUT2D eigenvalue weighted by atomic mass is 16.2. The molecule has 0 spiro atoms. The topological polar surface area (TPSA) is 70.2 Å². The summed E-state index contributed by atoms with van der Waals surface area (Å²) >= 11 is 0. The Morgan fingerprint density at radius 3 is 2.57 bits per heavy atom. The molecular formula is C23H31N3O2. The van der Waals surface area contributed by atoms with Crippen LogP contribution < -0.4 is 16.0 Å². The molecule has 0 radical (unpaired) electrons. The maximum absolute atomic E-state index is 12.2. The van der Waals surface area contributed by atoms with Gasteiger partial charge in [-0.25, -0.2) is 4.79 Å². The Kier molecular flexibility index (Phi) is 7.29. The monoisotopic (exact) mass is 381 g/mol. The van der Waals surface area contributed by atoms with Crippen LogP contribution in [-0.4, -0.2) is 24.5 Å². The van der Waals surface area contributed by atoms with E-state index >= 15 is 0 Å². The van der Waals surface area contributed by atoms with Crippen LogP contribution in [0.4, 0.5) is 4.79 Å². The number of urea groups is 1. The van der Waals surface area contributed by atoms with Crippen molar-refractivity contribution in [3.63, 3.8) is 0 Å². The molecule has 2 aromatic rings. The molecule has 0 aromatic heterocycles. The molecule has 1 aliphatic carbocycles. The van der Waals surface area contributed by atoms with Crippen LogP contribution in [0.25, 0.3) is 10.8 Å². The van der Waals surface area contributed by atoms with Crippen LogP contribution in [0, 0.1) is 0 Å². The van der Waals surface area contributed by atoms with E-state index in [1.807, 2.05) is 19.1 Å². The lowest BCUT2D eigenvalue weighted by atomic mass is 9.96. The van der Waals surface area contributed by atoms with Crippen LogP contribution in [0.1, 0.15) is 63.5 Å². The smallest absolute Gasteiger partial charge is 0.315 e. The summed E-state index contributed by atoms with van der Waals surface area (Å²) in [6.07, 6.45) is 6.84. The summed E-state index contributed by atoms with van der Waals surface area (Å²) in [7, 11) is 0. The third-order valence-electron chi connectivity index (χ3n) is 5.46. The Balaban J connectivity index is 1.35. The fraction of sp³-hybridized carbons (Fsp3) is 0.478. The highest BCUT2D eigenvalue weighted by molar-refractivity contribution is 5.83. The third-order valence-corrected chi connectivity index (χ3v) is 5.46. The van der Waals surface area contributed by atoms with Crippen LogP contribution in [0.2, 0.25) is 0 Å². The molecule has 3 amide bonds. The van der Waals surface area contributed by atoms with Crippen LogP contribution in [0.5, 0.6) is 0 Å². The van der Waals surface area contributed by atoms with Crippen molar-refractivity contribution >= 4 is 22.7 Å². The molecule has 1 atom stereocenters. The van der Waals surface area contributed by atoms with E-state index in [-0.39, 0.29) is 18.0 Å². The van der Waals surface area contributed by atoms with Crippen molar-refractivity contribution in [2.45, 2.75) is 64.0 Å². The zero-order valence-electron chi connectivity index (χ0n) is 16.7. The number of nitrogens with one attached hydrogen (secondary N) is 3. The number of benzene rings is 2. The zero-order valence-corrected chi connectivity index (χ0v) is 16.7. The van der Waals surface area contributed by atoms with Gasteiger partial charge in [-0.2, -0.15) is 0 Å². The minimum Gasteiger partial charge on any atom is -0.350 e. The number of fused-ring (bicyclic) bond motifs is 1. The Morgan fingerprint density at radius 2 is 1.79 bits per heavy atom. The first kappa shape index (κ1) is 20.2. The number of rotatable bonds is 7. The summed E-state index contributed by atoms with van der Waals surface area (Å²) in [6.45, 7) is 2.51. The number of amides is 3. The first-order chi connectivity index (χ1) is 13.6. The maximum atomic E-state index is 12.2. The van der Waals surface area contributed by atoms with Crippen molar-refractivity contribution in [3.8, 4) is 0 Å². The predicted molar refractivity (Wildman–Crippen MR) is 113 cm³/mol. The fourth-order valence-electron chi connectivity index (χ4n) is 3.81. The van der Waals surface area contributed by atoms with Gasteiger partial charge in [0.2, 0.25) is 5.91 Å². The van der Waals surface area contributed by atoms with Gasteiger partial charge in [-0.3, -0.25) is 4.79 Å². The van der Waals surface area contributed by atoms with Crippen LogP contribution in [-0.2, 0) is 4.79 Å². The summed E-state index contributed by atoms with van der Waals surface area (Å²) in [5.74, 6) is 0.00940. The molecule has 1 fully saturated rings. The first-order valence-electron chi connectivity index (χ1n) is 10.4. The first-order valence-corrected chi connectivity index (χ1v) is 10.4. The van der Waals surface area contributed by atoms with Gasteiger partial charge in [0.25, 0.3) is 0 Å². The SMILES string of the molecule is C[C@H](NC(=O)CCCNC(=O)NC1CCCCC1)c1ccc2ccccc2c1. The van der Waals surface area contributed by atoms with Gasteiger partial charge in [-0.15, -0.1) is 0 Å². The molecule has 3 N–H and O–H groups in total. The van der Waals surface area contributed by atoms with Crippen molar-refractivity contribution < 1.29 is 9.59 Å². The second-order valence-corrected chi connectivity index (χ2v) is 7.73. The van der Waals surface area contributed by atoms with Crippen molar-refractivity contribution in [1.82, 2.24) is 16.0 Å². The van der Waals surface area contributed by atoms with E-state index in [1.54, 1.807) is 0 Å². The second-order valence-electron chi connectivity index (χ2n) is 7.73. The standard InChI is InChI=1S/C23H31N3O2/c1-17(19-14-13-18-8-5-6-9-20(18)16-19)25-22(27)12-7-15-24-23(28)26-21-10-3-2-4-11-21/h5-6,8-9,13-14,16-17,21H,2-4,7,10-12,15H2,1H3,(H,25,27)(H2,24,26,28)/t17-/m0/s1. The maximum Gasteiger partial charge on any atom is 0.315 e. The van der Waals surface area contributed by atoms with Crippen molar-refractivity contribution in [3.05, 3.63) is 48.0 Å². The fourth-order valence-corrected chi connectivity index (χ4v) is 3.81. The van der Waals surface area contributed by atoms with Gasteiger partial charge in [-0.05, 0) is 48.6 Å². The normalized spacial score (nSPS) is 15.8.